The average Bonchev–Trinajstić information content (AvgIpc) is 2.38. The maximum atomic E-state index is 13.5. The van der Waals surface area contributed by atoms with Crippen molar-refractivity contribution in [2.75, 3.05) is 23.7 Å². The van der Waals surface area contributed by atoms with Crippen LogP contribution in [0.25, 0.3) is 0 Å². The zero-order valence-electron chi connectivity index (χ0n) is 11.3. The zero-order chi connectivity index (χ0) is 15.6. The molecular weight excluding hydrogens is 300 g/mol. The van der Waals surface area contributed by atoms with Crippen LogP contribution >= 0.6 is 0 Å². The third kappa shape index (κ3) is 3.46. The summed E-state index contributed by atoms with van der Waals surface area (Å²) in [7, 11) is -0.556. The van der Waals surface area contributed by atoms with Crippen molar-refractivity contribution in [3.8, 4) is 0 Å². The molecule has 0 aliphatic rings. The third-order valence-electron chi connectivity index (χ3n) is 2.64. The van der Waals surface area contributed by atoms with Gasteiger partial charge in [0, 0.05) is 20.2 Å². The van der Waals surface area contributed by atoms with E-state index in [2.05, 4.69) is 9.71 Å². The molecule has 0 saturated heterocycles. The molecule has 21 heavy (non-hydrogen) atoms. The predicted molar refractivity (Wildman–Crippen MR) is 75.7 cm³/mol. The molecule has 0 aliphatic carbocycles. The van der Waals surface area contributed by atoms with Gasteiger partial charge in [-0.2, -0.15) is 0 Å². The van der Waals surface area contributed by atoms with E-state index in [-0.39, 0.29) is 5.69 Å². The molecule has 0 spiro atoms. The Bertz CT molecular complexity index is 747. The molecule has 0 fully saturated rings. The molecule has 0 saturated carbocycles. The van der Waals surface area contributed by atoms with Gasteiger partial charge >= 0.3 is 0 Å². The largest absolute Gasteiger partial charge is 0.363 e. The van der Waals surface area contributed by atoms with Crippen LogP contribution < -0.4 is 9.62 Å². The van der Waals surface area contributed by atoms with Crippen molar-refractivity contribution in [2.45, 2.75) is 4.90 Å². The van der Waals surface area contributed by atoms with Crippen molar-refractivity contribution >= 4 is 21.5 Å². The lowest BCUT2D eigenvalue weighted by Gasteiger charge is -2.12. The topological polar surface area (TPSA) is 62.3 Å². The molecule has 0 amide bonds. The van der Waals surface area contributed by atoms with Gasteiger partial charge in [-0.3, -0.25) is 4.72 Å². The van der Waals surface area contributed by atoms with Gasteiger partial charge in [0.25, 0.3) is 10.0 Å². The van der Waals surface area contributed by atoms with Crippen molar-refractivity contribution in [3.63, 3.8) is 0 Å². The highest BCUT2D eigenvalue weighted by Gasteiger charge is 2.19. The minimum Gasteiger partial charge on any atom is -0.363 e. The highest BCUT2D eigenvalue weighted by Crippen LogP contribution is 2.20. The second kappa shape index (κ2) is 5.65. The summed E-state index contributed by atoms with van der Waals surface area (Å²) in [6, 6.07) is 5.38. The lowest BCUT2D eigenvalue weighted by atomic mass is 10.3. The number of hydrogen-bond acceptors (Lipinski definition) is 4. The molecule has 0 atom stereocenters. The molecule has 2 aromatic rings. The van der Waals surface area contributed by atoms with Crippen molar-refractivity contribution < 1.29 is 17.2 Å². The molecule has 1 aromatic carbocycles. The molecule has 8 heteroatoms. The maximum absolute atomic E-state index is 13.5. The number of nitrogens with one attached hydrogen (secondary N) is 1. The van der Waals surface area contributed by atoms with Crippen LogP contribution in [-0.2, 0) is 10.0 Å². The Kier molecular flexibility index (Phi) is 4.08. The number of sulfonamides is 1. The van der Waals surface area contributed by atoms with E-state index in [1.165, 1.54) is 12.3 Å². The average molecular weight is 313 g/mol. The van der Waals surface area contributed by atoms with Crippen LogP contribution in [0.2, 0.25) is 0 Å². The summed E-state index contributed by atoms with van der Waals surface area (Å²) in [5, 5.41) is 0. The van der Waals surface area contributed by atoms with E-state index < -0.39 is 26.6 Å². The lowest BCUT2D eigenvalue weighted by molar-refractivity contribution is 0.551. The second-order valence-electron chi connectivity index (χ2n) is 4.48. The molecule has 1 N–H and O–H groups in total. The van der Waals surface area contributed by atoms with Gasteiger partial charge in [0.2, 0.25) is 0 Å². The summed E-state index contributed by atoms with van der Waals surface area (Å²) < 4.78 is 52.6. The summed E-state index contributed by atoms with van der Waals surface area (Å²) in [6.07, 6.45) is 1.31. The molecule has 5 nitrogen and oxygen atoms in total. The minimum atomic E-state index is -4.14. The van der Waals surface area contributed by atoms with E-state index in [9.17, 15) is 17.2 Å². The van der Waals surface area contributed by atoms with Crippen LogP contribution in [0.5, 0.6) is 0 Å². The quantitative estimate of drug-likeness (QED) is 0.940. The Morgan fingerprint density at radius 3 is 2.38 bits per heavy atom. The van der Waals surface area contributed by atoms with Crippen LogP contribution in [0.15, 0.2) is 41.4 Å². The molecule has 1 heterocycles. The number of aromatic nitrogens is 1. The van der Waals surface area contributed by atoms with Gasteiger partial charge in [-0.05, 0) is 24.3 Å². The maximum Gasteiger partial charge on any atom is 0.264 e. The first kappa shape index (κ1) is 15.2. The number of hydrogen-bond donors (Lipinski definition) is 1. The van der Waals surface area contributed by atoms with E-state index >= 15 is 0 Å². The fraction of sp³-hybridized carbons (Fsp3) is 0.154. The monoisotopic (exact) mass is 313 g/mol. The summed E-state index contributed by atoms with van der Waals surface area (Å²) in [5.74, 6) is -1.35. The fourth-order valence-corrected chi connectivity index (χ4v) is 2.72. The molecule has 0 unspecified atom stereocenters. The first-order valence-corrected chi connectivity index (χ1v) is 7.39. The summed E-state index contributed by atoms with van der Waals surface area (Å²) >= 11 is 0. The summed E-state index contributed by atoms with van der Waals surface area (Å²) in [5.41, 5.74) is 0.185. The van der Waals surface area contributed by atoms with Crippen LogP contribution in [0.4, 0.5) is 20.3 Å². The SMILES string of the molecule is CN(C)c1ccc(NS(=O)(=O)c2ccc(F)cc2F)cn1. The number of nitrogens with zero attached hydrogens (tertiary/aromatic N) is 2. The number of benzene rings is 1. The van der Waals surface area contributed by atoms with E-state index in [1.54, 1.807) is 25.1 Å². The van der Waals surface area contributed by atoms with Gasteiger partial charge < -0.3 is 4.90 Å². The molecule has 0 radical (unpaired) electrons. The van der Waals surface area contributed by atoms with Gasteiger partial charge in [0.15, 0.2) is 0 Å². The molecule has 0 aliphatic heterocycles. The minimum absolute atomic E-state index is 0.185. The Morgan fingerprint density at radius 2 is 1.86 bits per heavy atom. The Balaban J connectivity index is 2.28. The molecule has 112 valence electrons. The molecule has 2 rings (SSSR count). The standard InChI is InChI=1S/C13H13F2N3O2S/c1-18(2)13-6-4-10(8-16-13)17-21(19,20)12-5-3-9(14)7-11(12)15/h3-8,17H,1-2H3. The van der Waals surface area contributed by atoms with Crippen molar-refractivity contribution in [2.24, 2.45) is 0 Å². The van der Waals surface area contributed by atoms with Crippen LogP contribution in [-0.4, -0.2) is 27.5 Å². The van der Waals surface area contributed by atoms with Gasteiger partial charge in [-0.15, -0.1) is 0 Å². The van der Waals surface area contributed by atoms with Gasteiger partial charge in [0.05, 0.1) is 11.9 Å². The number of pyridine rings is 1. The number of anilines is 2. The van der Waals surface area contributed by atoms with E-state index in [1.807, 2.05) is 0 Å². The van der Waals surface area contributed by atoms with E-state index in [0.717, 1.165) is 12.1 Å². The van der Waals surface area contributed by atoms with Crippen LogP contribution in [0.1, 0.15) is 0 Å². The normalized spacial score (nSPS) is 11.2. The van der Waals surface area contributed by atoms with Crippen molar-refractivity contribution in [1.29, 1.82) is 0 Å². The first-order chi connectivity index (χ1) is 9.79. The number of rotatable bonds is 4. The highest BCUT2D eigenvalue weighted by molar-refractivity contribution is 7.92. The Morgan fingerprint density at radius 1 is 1.14 bits per heavy atom. The molecule has 1 aromatic heterocycles. The van der Waals surface area contributed by atoms with Gasteiger partial charge in [-0.25, -0.2) is 22.2 Å². The smallest absolute Gasteiger partial charge is 0.264 e. The van der Waals surface area contributed by atoms with Gasteiger partial charge in [-0.1, -0.05) is 0 Å². The van der Waals surface area contributed by atoms with E-state index in [4.69, 9.17) is 0 Å². The fourth-order valence-electron chi connectivity index (χ4n) is 1.61. The third-order valence-corrected chi connectivity index (χ3v) is 4.06. The molecular formula is C13H13F2N3O2S. The Labute approximate surface area is 121 Å². The van der Waals surface area contributed by atoms with Crippen LogP contribution in [0.3, 0.4) is 0 Å². The zero-order valence-corrected chi connectivity index (χ0v) is 12.2. The number of halogens is 2. The van der Waals surface area contributed by atoms with Crippen molar-refractivity contribution in [3.05, 3.63) is 48.2 Å². The lowest BCUT2D eigenvalue weighted by Crippen LogP contribution is -2.15. The summed E-state index contributed by atoms with van der Waals surface area (Å²) in [6.45, 7) is 0. The van der Waals surface area contributed by atoms with E-state index in [0.29, 0.717) is 11.9 Å². The van der Waals surface area contributed by atoms with Crippen molar-refractivity contribution in [1.82, 2.24) is 4.98 Å². The Hall–Kier alpha value is -2.22. The highest BCUT2D eigenvalue weighted by atomic mass is 32.2. The molecule has 0 bridgehead atoms. The summed E-state index contributed by atoms with van der Waals surface area (Å²) in [4.78, 5) is 5.16. The second-order valence-corrected chi connectivity index (χ2v) is 6.13. The van der Waals surface area contributed by atoms with Crippen LogP contribution in [0, 0.1) is 11.6 Å². The first-order valence-electron chi connectivity index (χ1n) is 5.91. The van der Waals surface area contributed by atoms with Gasteiger partial charge in [0.1, 0.15) is 22.3 Å². The predicted octanol–water partition coefficient (Wildman–Crippen LogP) is 2.23.